The Morgan fingerprint density at radius 2 is 2.06 bits per heavy atom. The zero-order chi connectivity index (χ0) is 11.6. The fourth-order valence-corrected chi connectivity index (χ4v) is 2.95. The summed E-state index contributed by atoms with van der Waals surface area (Å²) in [5, 5.41) is 6.64. The number of hydrogen-bond donors (Lipinski definition) is 2. The van der Waals surface area contributed by atoms with Crippen molar-refractivity contribution in [1.82, 2.24) is 10.6 Å². The smallest absolute Gasteiger partial charge is 0.226 e. The SMILES string of the molecule is CC1CNCCC1NC(=O)C1(C)CCCC1. The summed E-state index contributed by atoms with van der Waals surface area (Å²) in [5.41, 5.74) is -0.0788. The number of carbonyl (C=O) groups is 1. The summed E-state index contributed by atoms with van der Waals surface area (Å²) in [6.07, 6.45) is 5.64. The van der Waals surface area contributed by atoms with Crippen molar-refractivity contribution in [2.45, 2.75) is 52.0 Å². The van der Waals surface area contributed by atoms with Crippen LogP contribution in [0, 0.1) is 11.3 Å². The van der Waals surface area contributed by atoms with Gasteiger partial charge < -0.3 is 10.6 Å². The Labute approximate surface area is 98.4 Å². The van der Waals surface area contributed by atoms with Crippen molar-refractivity contribution in [2.24, 2.45) is 11.3 Å². The summed E-state index contributed by atoms with van der Waals surface area (Å²) in [4.78, 5) is 12.2. The number of amides is 1. The van der Waals surface area contributed by atoms with E-state index in [-0.39, 0.29) is 5.41 Å². The third-order valence-electron chi connectivity index (χ3n) is 4.36. The van der Waals surface area contributed by atoms with Crippen LogP contribution in [0.4, 0.5) is 0 Å². The Hall–Kier alpha value is -0.570. The summed E-state index contributed by atoms with van der Waals surface area (Å²) in [7, 11) is 0. The molecule has 0 aromatic heterocycles. The van der Waals surface area contributed by atoms with Crippen molar-refractivity contribution in [3.8, 4) is 0 Å². The summed E-state index contributed by atoms with van der Waals surface area (Å²) >= 11 is 0. The number of hydrogen-bond acceptors (Lipinski definition) is 2. The van der Waals surface area contributed by atoms with Gasteiger partial charge in [0.15, 0.2) is 0 Å². The highest BCUT2D eigenvalue weighted by Crippen LogP contribution is 2.37. The van der Waals surface area contributed by atoms with Gasteiger partial charge in [0.25, 0.3) is 0 Å². The van der Waals surface area contributed by atoms with Crippen molar-refractivity contribution in [1.29, 1.82) is 0 Å². The molecule has 2 N–H and O–H groups in total. The third-order valence-corrected chi connectivity index (χ3v) is 4.36. The van der Waals surface area contributed by atoms with E-state index in [0.717, 1.165) is 32.4 Å². The van der Waals surface area contributed by atoms with E-state index in [0.29, 0.717) is 17.9 Å². The van der Waals surface area contributed by atoms with E-state index in [9.17, 15) is 4.79 Å². The van der Waals surface area contributed by atoms with Gasteiger partial charge in [-0.05, 0) is 38.3 Å². The molecule has 2 aliphatic rings. The van der Waals surface area contributed by atoms with Gasteiger partial charge in [0.1, 0.15) is 0 Å². The average molecular weight is 224 g/mol. The van der Waals surface area contributed by atoms with Crippen molar-refractivity contribution in [2.75, 3.05) is 13.1 Å². The Balaban J connectivity index is 1.90. The second kappa shape index (κ2) is 4.74. The maximum atomic E-state index is 12.2. The molecule has 92 valence electrons. The minimum Gasteiger partial charge on any atom is -0.353 e. The predicted molar refractivity (Wildman–Crippen MR) is 65.2 cm³/mol. The third kappa shape index (κ3) is 2.40. The lowest BCUT2D eigenvalue weighted by molar-refractivity contribution is -0.131. The van der Waals surface area contributed by atoms with E-state index in [1.165, 1.54) is 12.8 Å². The largest absolute Gasteiger partial charge is 0.353 e. The normalized spacial score (nSPS) is 33.6. The average Bonchev–Trinajstić information content (AvgIpc) is 2.70. The molecule has 1 amide bonds. The monoisotopic (exact) mass is 224 g/mol. The van der Waals surface area contributed by atoms with Crippen LogP contribution in [0.25, 0.3) is 0 Å². The van der Waals surface area contributed by atoms with Crippen LogP contribution in [0.15, 0.2) is 0 Å². The minimum atomic E-state index is -0.0788. The molecule has 3 nitrogen and oxygen atoms in total. The summed E-state index contributed by atoms with van der Waals surface area (Å²) < 4.78 is 0. The minimum absolute atomic E-state index is 0.0788. The van der Waals surface area contributed by atoms with Gasteiger partial charge in [-0.2, -0.15) is 0 Å². The molecule has 0 aromatic rings. The Morgan fingerprint density at radius 3 is 2.69 bits per heavy atom. The quantitative estimate of drug-likeness (QED) is 0.749. The predicted octanol–water partition coefficient (Wildman–Crippen LogP) is 1.68. The van der Waals surface area contributed by atoms with Crippen molar-refractivity contribution in [3.05, 3.63) is 0 Å². The number of nitrogens with one attached hydrogen (secondary N) is 2. The van der Waals surface area contributed by atoms with Gasteiger partial charge in [0.05, 0.1) is 0 Å². The number of piperidine rings is 1. The molecule has 1 heterocycles. The van der Waals surface area contributed by atoms with Gasteiger partial charge in [-0.25, -0.2) is 0 Å². The van der Waals surface area contributed by atoms with Crippen LogP contribution in [0.1, 0.15) is 46.0 Å². The summed E-state index contributed by atoms with van der Waals surface area (Å²) in [6, 6.07) is 0.381. The molecule has 1 saturated carbocycles. The molecule has 0 radical (unpaired) electrons. The molecule has 1 aliphatic heterocycles. The molecule has 1 aliphatic carbocycles. The molecule has 2 unspecified atom stereocenters. The van der Waals surface area contributed by atoms with Crippen LogP contribution in [0.5, 0.6) is 0 Å². The van der Waals surface area contributed by atoms with E-state index in [2.05, 4.69) is 24.5 Å². The topological polar surface area (TPSA) is 41.1 Å². The van der Waals surface area contributed by atoms with Crippen LogP contribution in [0.3, 0.4) is 0 Å². The summed E-state index contributed by atoms with van der Waals surface area (Å²) in [5.74, 6) is 0.853. The van der Waals surface area contributed by atoms with Gasteiger partial charge in [0.2, 0.25) is 5.91 Å². The van der Waals surface area contributed by atoms with Crippen LogP contribution in [0.2, 0.25) is 0 Å². The highest BCUT2D eigenvalue weighted by atomic mass is 16.2. The number of rotatable bonds is 2. The maximum Gasteiger partial charge on any atom is 0.226 e. The molecule has 2 atom stereocenters. The zero-order valence-corrected chi connectivity index (χ0v) is 10.5. The molecular formula is C13H24N2O. The molecule has 0 aromatic carbocycles. The fraction of sp³-hybridized carbons (Fsp3) is 0.923. The molecule has 2 fully saturated rings. The maximum absolute atomic E-state index is 12.2. The van der Waals surface area contributed by atoms with Crippen LogP contribution >= 0.6 is 0 Å². The van der Waals surface area contributed by atoms with Gasteiger partial charge >= 0.3 is 0 Å². The fourth-order valence-electron chi connectivity index (χ4n) is 2.95. The Bertz CT molecular complexity index is 259. The number of carbonyl (C=O) groups excluding carboxylic acids is 1. The lowest BCUT2D eigenvalue weighted by Gasteiger charge is -2.33. The molecule has 0 spiro atoms. The standard InChI is InChI=1S/C13H24N2O/c1-10-9-14-8-5-11(10)15-12(16)13(2)6-3-4-7-13/h10-11,14H,3-9H2,1-2H3,(H,15,16). The summed E-state index contributed by atoms with van der Waals surface area (Å²) in [6.45, 7) is 6.41. The second-order valence-electron chi connectivity index (χ2n) is 5.82. The Morgan fingerprint density at radius 1 is 1.38 bits per heavy atom. The lowest BCUT2D eigenvalue weighted by Crippen LogP contribution is -2.51. The van der Waals surface area contributed by atoms with Gasteiger partial charge in [-0.3, -0.25) is 4.79 Å². The highest BCUT2D eigenvalue weighted by Gasteiger charge is 2.37. The Kier molecular flexibility index (Phi) is 3.53. The van der Waals surface area contributed by atoms with Crippen LogP contribution in [-0.2, 0) is 4.79 Å². The first-order chi connectivity index (χ1) is 7.62. The van der Waals surface area contributed by atoms with E-state index in [1.807, 2.05) is 0 Å². The van der Waals surface area contributed by atoms with Gasteiger partial charge in [0, 0.05) is 11.5 Å². The van der Waals surface area contributed by atoms with E-state index < -0.39 is 0 Å². The van der Waals surface area contributed by atoms with Crippen molar-refractivity contribution >= 4 is 5.91 Å². The van der Waals surface area contributed by atoms with Crippen LogP contribution < -0.4 is 10.6 Å². The van der Waals surface area contributed by atoms with Crippen LogP contribution in [-0.4, -0.2) is 25.0 Å². The molecular weight excluding hydrogens is 200 g/mol. The second-order valence-corrected chi connectivity index (χ2v) is 5.82. The van der Waals surface area contributed by atoms with Gasteiger partial charge in [-0.1, -0.05) is 26.7 Å². The van der Waals surface area contributed by atoms with Crippen molar-refractivity contribution < 1.29 is 4.79 Å². The van der Waals surface area contributed by atoms with Gasteiger partial charge in [-0.15, -0.1) is 0 Å². The first kappa shape index (κ1) is 11.9. The van der Waals surface area contributed by atoms with Crippen molar-refractivity contribution in [3.63, 3.8) is 0 Å². The van der Waals surface area contributed by atoms with E-state index in [1.54, 1.807) is 0 Å². The molecule has 1 saturated heterocycles. The first-order valence-electron chi connectivity index (χ1n) is 6.63. The molecule has 2 rings (SSSR count). The zero-order valence-electron chi connectivity index (χ0n) is 10.5. The molecule has 0 bridgehead atoms. The molecule has 3 heteroatoms. The first-order valence-corrected chi connectivity index (χ1v) is 6.63. The highest BCUT2D eigenvalue weighted by molar-refractivity contribution is 5.82. The van der Waals surface area contributed by atoms with E-state index >= 15 is 0 Å². The molecule has 16 heavy (non-hydrogen) atoms. The van der Waals surface area contributed by atoms with E-state index in [4.69, 9.17) is 0 Å². The lowest BCUT2D eigenvalue weighted by atomic mass is 9.86.